The van der Waals surface area contributed by atoms with Gasteiger partial charge in [0, 0.05) is 45.0 Å². The minimum atomic E-state index is 0.0151. The quantitative estimate of drug-likeness (QED) is 0.861. The molecule has 2 N–H and O–H groups in total. The van der Waals surface area contributed by atoms with E-state index in [0.29, 0.717) is 0 Å². The molecule has 2 heterocycles. The predicted molar refractivity (Wildman–Crippen MR) is 92.0 cm³/mol. The zero-order chi connectivity index (χ0) is 17.1. The van der Waals surface area contributed by atoms with Crippen LogP contribution in [0.15, 0.2) is 6.20 Å². The van der Waals surface area contributed by atoms with E-state index in [9.17, 15) is 4.79 Å². The van der Waals surface area contributed by atoms with E-state index in [1.54, 1.807) is 4.90 Å². The number of morpholine rings is 1. The lowest BCUT2D eigenvalue weighted by atomic mass is 9.94. The highest BCUT2D eigenvalue weighted by atomic mass is 16.5. The molecule has 0 spiro atoms. The third kappa shape index (κ3) is 4.27. The summed E-state index contributed by atoms with van der Waals surface area (Å²) in [5, 5.41) is 10.3. The van der Waals surface area contributed by atoms with Crippen molar-refractivity contribution < 1.29 is 9.53 Å². The monoisotopic (exact) mass is 335 g/mol. The average Bonchev–Trinajstić information content (AvgIpc) is 2.99. The van der Waals surface area contributed by atoms with Gasteiger partial charge in [-0.2, -0.15) is 5.10 Å². The molecular formula is C17H29N5O2. The zero-order valence-corrected chi connectivity index (χ0v) is 14.9. The Hall–Kier alpha value is -1.60. The summed E-state index contributed by atoms with van der Waals surface area (Å²) in [4.78, 5) is 16.6. The first-order valence-corrected chi connectivity index (χ1v) is 8.92. The summed E-state index contributed by atoms with van der Waals surface area (Å²) in [6, 6.07) is 0.217. The fourth-order valence-corrected chi connectivity index (χ4v) is 3.68. The molecule has 1 aliphatic carbocycles. The Bertz CT molecular complexity index is 551. The number of nitrogens with one attached hydrogen (secondary N) is 2. The maximum absolute atomic E-state index is 12.4. The highest BCUT2D eigenvalue weighted by molar-refractivity contribution is 5.74. The number of hydrogen-bond acceptors (Lipinski definition) is 4. The molecule has 2 amide bonds. The number of urea groups is 1. The van der Waals surface area contributed by atoms with E-state index in [0.717, 1.165) is 45.4 Å². The van der Waals surface area contributed by atoms with Gasteiger partial charge in [-0.1, -0.05) is 0 Å². The minimum absolute atomic E-state index is 0.0151. The van der Waals surface area contributed by atoms with Crippen molar-refractivity contribution in [3.63, 3.8) is 0 Å². The van der Waals surface area contributed by atoms with Crippen molar-refractivity contribution in [2.75, 3.05) is 33.2 Å². The second-order valence-electron chi connectivity index (χ2n) is 7.20. The second kappa shape index (κ2) is 7.53. The number of aryl methyl sites for hydroxylation is 1. The summed E-state index contributed by atoms with van der Waals surface area (Å²) >= 11 is 0. The first-order valence-electron chi connectivity index (χ1n) is 8.92. The van der Waals surface area contributed by atoms with Gasteiger partial charge in [-0.15, -0.1) is 0 Å². The van der Waals surface area contributed by atoms with Crippen LogP contribution >= 0.6 is 0 Å². The maximum Gasteiger partial charge on any atom is 0.317 e. The third-order valence-electron chi connectivity index (χ3n) is 4.94. The van der Waals surface area contributed by atoms with E-state index in [4.69, 9.17) is 4.74 Å². The zero-order valence-electron chi connectivity index (χ0n) is 14.9. The fourth-order valence-electron chi connectivity index (χ4n) is 3.68. The SMILES string of the molecule is C[C@@H]1CN(CCN(C)C(=O)N[C@H]2CCc3[nH]ncc3C2)C[C@H](C)O1. The lowest BCUT2D eigenvalue weighted by Gasteiger charge is -2.36. The van der Waals surface area contributed by atoms with Gasteiger partial charge in [0.05, 0.1) is 18.4 Å². The number of amides is 2. The van der Waals surface area contributed by atoms with E-state index >= 15 is 0 Å². The van der Waals surface area contributed by atoms with Crippen molar-refractivity contribution in [3.05, 3.63) is 17.5 Å². The molecule has 134 valence electrons. The van der Waals surface area contributed by atoms with Gasteiger partial charge in [-0.3, -0.25) is 10.00 Å². The predicted octanol–water partition coefficient (Wildman–Crippen LogP) is 1.02. The van der Waals surface area contributed by atoms with Crippen LogP contribution in [0.2, 0.25) is 0 Å². The Morgan fingerprint density at radius 3 is 2.96 bits per heavy atom. The maximum atomic E-state index is 12.4. The molecule has 0 saturated carbocycles. The Kier molecular flexibility index (Phi) is 5.40. The summed E-state index contributed by atoms with van der Waals surface area (Å²) in [5.41, 5.74) is 2.44. The number of hydrogen-bond donors (Lipinski definition) is 2. The van der Waals surface area contributed by atoms with Crippen LogP contribution in [0.1, 0.15) is 31.5 Å². The van der Waals surface area contributed by atoms with Crippen molar-refractivity contribution in [3.8, 4) is 0 Å². The number of aromatic nitrogens is 2. The van der Waals surface area contributed by atoms with Gasteiger partial charge < -0.3 is 15.0 Å². The van der Waals surface area contributed by atoms with Gasteiger partial charge in [0.2, 0.25) is 0 Å². The molecule has 24 heavy (non-hydrogen) atoms. The highest BCUT2D eigenvalue weighted by Gasteiger charge is 2.24. The van der Waals surface area contributed by atoms with E-state index in [1.165, 1.54) is 11.3 Å². The molecule has 1 aromatic rings. The summed E-state index contributed by atoms with van der Waals surface area (Å²) in [5.74, 6) is 0. The molecule has 3 atom stereocenters. The van der Waals surface area contributed by atoms with Gasteiger partial charge in [0.1, 0.15) is 0 Å². The Morgan fingerprint density at radius 1 is 1.46 bits per heavy atom. The normalized spacial score (nSPS) is 27.5. The van der Waals surface area contributed by atoms with Crippen molar-refractivity contribution in [1.82, 2.24) is 25.3 Å². The fraction of sp³-hybridized carbons (Fsp3) is 0.765. The Balaban J connectivity index is 1.42. The standard InChI is InChI=1S/C17H29N5O2/c1-12-10-22(11-13(2)24-12)7-6-21(3)17(23)19-15-4-5-16-14(8-15)9-18-20-16/h9,12-13,15H,4-8,10-11H2,1-3H3,(H,18,20)(H,19,23)/t12-,13+,15-/m0/s1. The lowest BCUT2D eigenvalue weighted by Crippen LogP contribution is -2.50. The number of carbonyl (C=O) groups excluding carboxylic acids is 1. The van der Waals surface area contributed by atoms with Crippen molar-refractivity contribution in [2.24, 2.45) is 0 Å². The van der Waals surface area contributed by atoms with Gasteiger partial charge in [-0.05, 0) is 38.7 Å². The molecule has 7 heteroatoms. The number of aromatic amines is 1. The van der Waals surface area contributed by atoms with Crippen molar-refractivity contribution in [2.45, 2.75) is 51.4 Å². The summed E-state index contributed by atoms with van der Waals surface area (Å²) in [7, 11) is 1.87. The second-order valence-corrected chi connectivity index (χ2v) is 7.20. The van der Waals surface area contributed by atoms with E-state index in [2.05, 4.69) is 34.3 Å². The molecule has 1 fully saturated rings. The number of likely N-dealkylation sites (N-methyl/N-ethyl adjacent to an activating group) is 1. The molecule has 0 aromatic carbocycles. The van der Waals surface area contributed by atoms with Crippen LogP contribution in [0.3, 0.4) is 0 Å². The number of carbonyl (C=O) groups is 1. The number of fused-ring (bicyclic) bond motifs is 1. The molecule has 3 rings (SSSR count). The smallest absolute Gasteiger partial charge is 0.317 e. The first-order chi connectivity index (χ1) is 11.5. The number of ether oxygens (including phenoxy) is 1. The molecular weight excluding hydrogens is 306 g/mol. The van der Waals surface area contributed by atoms with Crippen LogP contribution in [0.5, 0.6) is 0 Å². The third-order valence-corrected chi connectivity index (χ3v) is 4.94. The number of rotatable bonds is 4. The Morgan fingerprint density at radius 2 is 2.21 bits per heavy atom. The molecule has 2 aliphatic rings. The summed E-state index contributed by atoms with van der Waals surface area (Å²) in [6.07, 6.45) is 5.18. The molecule has 1 saturated heterocycles. The molecule has 7 nitrogen and oxygen atoms in total. The van der Waals surface area contributed by atoms with Crippen LogP contribution in [0, 0.1) is 0 Å². The van der Waals surface area contributed by atoms with E-state index in [1.807, 2.05) is 13.2 Å². The van der Waals surface area contributed by atoms with Gasteiger partial charge in [0.25, 0.3) is 0 Å². The van der Waals surface area contributed by atoms with Crippen LogP contribution in [-0.4, -0.2) is 77.5 Å². The van der Waals surface area contributed by atoms with Crippen molar-refractivity contribution in [1.29, 1.82) is 0 Å². The summed E-state index contributed by atoms with van der Waals surface area (Å²) in [6.45, 7) is 7.70. The lowest BCUT2D eigenvalue weighted by molar-refractivity contribution is -0.0684. The number of H-pyrrole nitrogens is 1. The molecule has 0 unspecified atom stereocenters. The van der Waals surface area contributed by atoms with Gasteiger partial charge >= 0.3 is 6.03 Å². The van der Waals surface area contributed by atoms with Crippen molar-refractivity contribution >= 4 is 6.03 Å². The minimum Gasteiger partial charge on any atom is -0.373 e. The van der Waals surface area contributed by atoms with Crippen LogP contribution in [-0.2, 0) is 17.6 Å². The Labute approximate surface area is 143 Å². The topological polar surface area (TPSA) is 73.5 Å². The molecule has 0 bridgehead atoms. The average molecular weight is 335 g/mol. The summed E-state index contributed by atoms with van der Waals surface area (Å²) < 4.78 is 5.75. The van der Waals surface area contributed by atoms with Gasteiger partial charge in [-0.25, -0.2) is 4.79 Å². The highest BCUT2D eigenvalue weighted by Crippen LogP contribution is 2.19. The van der Waals surface area contributed by atoms with Crippen LogP contribution in [0.4, 0.5) is 4.79 Å². The van der Waals surface area contributed by atoms with Gasteiger partial charge in [0.15, 0.2) is 0 Å². The van der Waals surface area contributed by atoms with E-state index in [-0.39, 0.29) is 24.3 Å². The van der Waals surface area contributed by atoms with Crippen LogP contribution in [0.25, 0.3) is 0 Å². The van der Waals surface area contributed by atoms with E-state index < -0.39 is 0 Å². The van der Waals surface area contributed by atoms with Crippen LogP contribution < -0.4 is 5.32 Å². The largest absolute Gasteiger partial charge is 0.373 e. The molecule has 1 aromatic heterocycles. The molecule has 1 aliphatic heterocycles. The first kappa shape index (κ1) is 17.2. The molecule has 0 radical (unpaired) electrons. The number of nitrogens with zero attached hydrogens (tertiary/aromatic N) is 3.